The summed E-state index contributed by atoms with van der Waals surface area (Å²) in [5, 5.41) is 23.7. The highest BCUT2D eigenvalue weighted by atomic mass is 16.6. The second-order valence-corrected chi connectivity index (χ2v) is 6.82. The number of amides is 1. The number of anilines is 1. The highest BCUT2D eigenvalue weighted by molar-refractivity contribution is 5.71. The zero-order chi connectivity index (χ0) is 19.7. The molecule has 0 saturated heterocycles. The van der Waals surface area contributed by atoms with Crippen molar-refractivity contribution >= 4 is 17.7 Å². The van der Waals surface area contributed by atoms with Gasteiger partial charge in [-0.3, -0.25) is 4.79 Å². The molecule has 1 unspecified atom stereocenters. The number of hydrogen-bond acceptors (Lipinski definition) is 6. The minimum absolute atomic E-state index is 0.0107. The average Bonchev–Trinajstić information content (AvgIpc) is 2.50. The van der Waals surface area contributed by atoms with E-state index in [0.717, 1.165) is 11.3 Å². The Kier molecular flexibility index (Phi) is 8.18. The summed E-state index contributed by atoms with van der Waals surface area (Å²) in [7, 11) is 1.52. The number of nitrogens with one attached hydrogen (secondary N) is 2. The lowest BCUT2D eigenvalue weighted by atomic mass is 10.0. The summed E-state index contributed by atoms with van der Waals surface area (Å²) >= 11 is 0. The largest absolute Gasteiger partial charge is 0.496 e. The van der Waals surface area contributed by atoms with Crippen LogP contribution in [0.25, 0.3) is 0 Å². The lowest BCUT2D eigenvalue weighted by molar-refractivity contribution is -0.137. The summed E-state index contributed by atoms with van der Waals surface area (Å²) in [6.45, 7) is 5.58. The lowest BCUT2D eigenvalue weighted by Gasteiger charge is -2.23. The molecule has 0 saturated carbocycles. The van der Waals surface area contributed by atoms with Crippen LogP contribution in [0, 0.1) is 0 Å². The van der Waals surface area contributed by atoms with Crippen molar-refractivity contribution in [3.8, 4) is 5.75 Å². The van der Waals surface area contributed by atoms with Crippen LogP contribution in [0.3, 0.4) is 0 Å². The van der Waals surface area contributed by atoms with Crippen molar-refractivity contribution < 1.29 is 29.3 Å². The van der Waals surface area contributed by atoms with Gasteiger partial charge in [-0.05, 0) is 51.0 Å². The van der Waals surface area contributed by atoms with Crippen molar-refractivity contribution in [2.45, 2.75) is 45.3 Å². The molecule has 4 N–H and O–H groups in total. The summed E-state index contributed by atoms with van der Waals surface area (Å²) < 4.78 is 10.5. The van der Waals surface area contributed by atoms with Gasteiger partial charge < -0.3 is 30.3 Å². The van der Waals surface area contributed by atoms with Crippen molar-refractivity contribution in [3.05, 3.63) is 23.8 Å². The molecule has 0 radical (unpaired) electrons. The Labute approximate surface area is 153 Å². The number of aliphatic hydroxyl groups is 1. The van der Waals surface area contributed by atoms with Gasteiger partial charge >= 0.3 is 12.1 Å². The molecule has 1 atom stereocenters. The second kappa shape index (κ2) is 9.86. The number of methoxy groups -OCH3 is 1. The fourth-order valence-electron chi connectivity index (χ4n) is 2.37. The van der Waals surface area contributed by atoms with Gasteiger partial charge in [0.05, 0.1) is 20.1 Å². The van der Waals surface area contributed by atoms with Crippen molar-refractivity contribution in [3.63, 3.8) is 0 Å². The van der Waals surface area contributed by atoms with E-state index in [1.165, 1.54) is 7.11 Å². The number of hydrogen-bond donors (Lipinski definition) is 4. The molecule has 26 heavy (non-hydrogen) atoms. The van der Waals surface area contributed by atoms with Crippen LogP contribution in [0.4, 0.5) is 10.5 Å². The summed E-state index contributed by atoms with van der Waals surface area (Å²) in [5.41, 5.74) is 0.822. The average molecular weight is 368 g/mol. The smallest absolute Gasteiger partial charge is 0.407 e. The normalized spacial score (nSPS) is 12.2. The first kappa shape index (κ1) is 21.6. The molecule has 1 rings (SSSR count). The number of benzene rings is 1. The molecule has 1 amide bonds. The molecule has 0 aromatic heterocycles. The third-order valence-corrected chi connectivity index (χ3v) is 3.33. The van der Waals surface area contributed by atoms with E-state index in [0.29, 0.717) is 12.3 Å². The number of carbonyl (C=O) groups is 2. The fraction of sp³-hybridized carbons (Fsp3) is 0.556. The maximum atomic E-state index is 12.0. The Bertz CT molecular complexity index is 612. The maximum absolute atomic E-state index is 12.0. The molecular formula is C18H28N2O6. The predicted molar refractivity (Wildman–Crippen MR) is 97.7 cm³/mol. The molecule has 1 aromatic rings. The number of rotatable bonds is 9. The standard InChI is InChI=1S/C18H28N2O6/c1-18(2,3)26-17(24)20-14(11-16(22)23)10-12-9-13(19-7-8-21)5-6-15(12)25-4/h5-6,9,14,19,21H,7-8,10-11H2,1-4H3,(H,20,24)(H,22,23). The van der Waals surface area contributed by atoms with E-state index in [2.05, 4.69) is 10.6 Å². The number of aliphatic carboxylic acids is 1. The Morgan fingerprint density at radius 3 is 2.50 bits per heavy atom. The predicted octanol–water partition coefficient (Wildman–Crippen LogP) is 2.01. The monoisotopic (exact) mass is 368 g/mol. The summed E-state index contributed by atoms with van der Waals surface area (Å²) in [5.74, 6) is -0.444. The van der Waals surface area contributed by atoms with E-state index in [1.54, 1.807) is 39.0 Å². The van der Waals surface area contributed by atoms with Crippen LogP contribution < -0.4 is 15.4 Å². The molecule has 0 aliphatic carbocycles. The number of carbonyl (C=O) groups excluding carboxylic acids is 1. The minimum Gasteiger partial charge on any atom is -0.496 e. The van der Waals surface area contributed by atoms with Gasteiger partial charge in [-0.25, -0.2) is 4.79 Å². The Morgan fingerprint density at radius 2 is 1.96 bits per heavy atom. The zero-order valence-corrected chi connectivity index (χ0v) is 15.7. The molecule has 1 aromatic carbocycles. The highest BCUT2D eigenvalue weighted by Gasteiger charge is 2.22. The maximum Gasteiger partial charge on any atom is 0.407 e. The number of alkyl carbamates (subject to hydrolysis) is 1. The zero-order valence-electron chi connectivity index (χ0n) is 15.7. The lowest BCUT2D eigenvalue weighted by Crippen LogP contribution is -2.41. The van der Waals surface area contributed by atoms with Gasteiger partial charge in [0.15, 0.2) is 0 Å². The third-order valence-electron chi connectivity index (χ3n) is 3.33. The van der Waals surface area contributed by atoms with Crippen molar-refractivity contribution in [2.24, 2.45) is 0 Å². The third kappa shape index (κ3) is 8.06. The van der Waals surface area contributed by atoms with Crippen LogP contribution in [0.2, 0.25) is 0 Å². The number of carboxylic acid groups (broad SMARTS) is 1. The molecule has 0 fully saturated rings. The van der Waals surface area contributed by atoms with Crippen molar-refractivity contribution in [1.29, 1.82) is 0 Å². The quantitative estimate of drug-likeness (QED) is 0.527. The molecule has 146 valence electrons. The van der Waals surface area contributed by atoms with Crippen LogP contribution in [0.1, 0.15) is 32.8 Å². The molecule has 0 aliphatic heterocycles. The Morgan fingerprint density at radius 1 is 1.27 bits per heavy atom. The number of aliphatic hydroxyl groups excluding tert-OH is 1. The van der Waals surface area contributed by atoms with Crippen molar-refractivity contribution in [1.82, 2.24) is 5.32 Å². The van der Waals surface area contributed by atoms with Gasteiger partial charge in [0.2, 0.25) is 0 Å². The molecule has 0 heterocycles. The number of ether oxygens (including phenoxy) is 2. The first-order chi connectivity index (χ1) is 12.1. The molecule has 0 spiro atoms. The van der Waals surface area contributed by atoms with Gasteiger partial charge in [0.1, 0.15) is 11.4 Å². The molecule has 0 bridgehead atoms. The van der Waals surface area contributed by atoms with E-state index in [4.69, 9.17) is 19.7 Å². The Hall–Kier alpha value is -2.48. The second-order valence-electron chi connectivity index (χ2n) is 6.82. The summed E-state index contributed by atoms with van der Waals surface area (Å²) in [6, 6.07) is 4.69. The first-order valence-corrected chi connectivity index (χ1v) is 8.37. The van der Waals surface area contributed by atoms with E-state index >= 15 is 0 Å². The fourth-order valence-corrected chi connectivity index (χ4v) is 2.37. The highest BCUT2D eigenvalue weighted by Crippen LogP contribution is 2.24. The van der Waals surface area contributed by atoms with Crippen LogP contribution in [-0.4, -0.2) is 54.2 Å². The molecular weight excluding hydrogens is 340 g/mol. The van der Waals surface area contributed by atoms with Gasteiger partial charge in [-0.2, -0.15) is 0 Å². The summed E-state index contributed by atoms with van der Waals surface area (Å²) in [6.07, 6.45) is -0.669. The Balaban J connectivity index is 2.95. The SMILES string of the molecule is COc1ccc(NCCO)cc1CC(CC(=O)O)NC(=O)OC(C)(C)C. The molecule has 0 aliphatic rings. The van der Waals surface area contributed by atoms with E-state index < -0.39 is 23.7 Å². The van der Waals surface area contributed by atoms with Gasteiger partial charge in [-0.15, -0.1) is 0 Å². The summed E-state index contributed by atoms with van der Waals surface area (Å²) in [4.78, 5) is 23.2. The van der Waals surface area contributed by atoms with E-state index in [9.17, 15) is 9.59 Å². The van der Waals surface area contributed by atoms with Gasteiger partial charge in [0.25, 0.3) is 0 Å². The van der Waals surface area contributed by atoms with Crippen molar-refractivity contribution in [2.75, 3.05) is 25.6 Å². The van der Waals surface area contributed by atoms with E-state index in [-0.39, 0.29) is 19.4 Å². The minimum atomic E-state index is -1.03. The van der Waals surface area contributed by atoms with Crippen LogP contribution in [-0.2, 0) is 16.0 Å². The topological polar surface area (TPSA) is 117 Å². The van der Waals surface area contributed by atoms with Gasteiger partial charge in [0, 0.05) is 18.3 Å². The van der Waals surface area contributed by atoms with Crippen LogP contribution >= 0.6 is 0 Å². The molecule has 8 nitrogen and oxygen atoms in total. The number of carboxylic acids is 1. The van der Waals surface area contributed by atoms with Gasteiger partial charge in [-0.1, -0.05) is 0 Å². The van der Waals surface area contributed by atoms with Crippen LogP contribution in [0.15, 0.2) is 18.2 Å². The van der Waals surface area contributed by atoms with E-state index in [1.807, 2.05) is 0 Å². The molecule has 8 heteroatoms. The van der Waals surface area contributed by atoms with Crippen LogP contribution in [0.5, 0.6) is 5.75 Å². The first-order valence-electron chi connectivity index (χ1n) is 8.37.